The van der Waals surface area contributed by atoms with Gasteiger partial charge in [-0.25, -0.2) is 4.79 Å². The van der Waals surface area contributed by atoms with Gasteiger partial charge in [0, 0.05) is 18.7 Å². The van der Waals surface area contributed by atoms with Gasteiger partial charge in [0.25, 0.3) is 0 Å². The highest BCUT2D eigenvalue weighted by atomic mass is 16.1. The predicted octanol–water partition coefficient (Wildman–Crippen LogP) is -0.613. The minimum atomic E-state index is -0.519. The van der Waals surface area contributed by atoms with E-state index in [0.29, 0.717) is 29.7 Å². The van der Waals surface area contributed by atoms with Crippen LogP contribution in [-0.4, -0.2) is 22.0 Å². The van der Waals surface area contributed by atoms with Crippen molar-refractivity contribution in [2.24, 2.45) is 11.5 Å². The normalized spacial score (nSPS) is 10.8. The summed E-state index contributed by atoms with van der Waals surface area (Å²) in [7, 11) is 0. The molecule has 0 radical (unpaired) electrons. The summed E-state index contributed by atoms with van der Waals surface area (Å²) in [6.45, 7) is 0.759. The molecule has 6 nitrogen and oxygen atoms in total. The van der Waals surface area contributed by atoms with E-state index in [2.05, 4.69) is 4.98 Å². The summed E-state index contributed by atoms with van der Waals surface area (Å²) in [5, 5.41) is 0. The first-order valence-corrected chi connectivity index (χ1v) is 4.86. The lowest BCUT2D eigenvalue weighted by Crippen LogP contribution is -2.21. The quantitative estimate of drug-likeness (QED) is 0.642. The van der Waals surface area contributed by atoms with E-state index >= 15 is 0 Å². The van der Waals surface area contributed by atoms with Crippen LogP contribution >= 0.6 is 0 Å². The standard InChI is InChI=1S/C10H12N4O2/c11-3-4-14-8-5-6(9(12)15)1-2-7(8)13-10(14)16/h1-2,5H,3-4,11H2,(H2,12,15)(H,13,16). The number of nitrogens with zero attached hydrogens (tertiary/aromatic N) is 1. The van der Waals surface area contributed by atoms with Gasteiger partial charge in [0.05, 0.1) is 11.0 Å². The average Bonchev–Trinajstić information content (AvgIpc) is 2.55. The van der Waals surface area contributed by atoms with Crippen molar-refractivity contribution in [1.82, 2.24) is 9.55 Å². The molecule has 2 aromatic rings. The second-order valence-corrected chi connectivity index (χ2v) is 3.47. The summed E-state index contributed by atoms with van der Waals surface area (Å²) in [6.07, 6.45) is 0. The van der Waals surface area contributed by atoms with Crippen LogP contribution in [0.1, 0.15) is 10.4 Å². The van der Waals surface area contributed by atoms with Crippen molar-refractivity contribution in [1.29, 1.82) is 0 Å². The van der Waals surface area contributed by atoms with Crippen molar-refractivity contribution >= 4 is 16.9 Å². The zero-order chi connectivity index (χ0) is 11.7. The first-order valence-electron chi connectivity index (χ1n) is 4.86. The van der Waals surface area contributed by atoms with Crippen LogP contribution in [0.2, 0.25) is 0 Å². The number of hydrogen-bond acceptors (Lipinski definition) is 3. The highest BCUT2D eigenvalue weighted by Gasteiger charge is 2.08. The van der Waals surface area contributed by atoms with E-state index in [1.165, 1.54) is 4.57 Å². The van der Waals surface area contributed by atoms with Crippen LogP contribution in [0, 0.1) is 0 Å². The number of benzene rings is 1. The number of nitrogens with two attached hydrogens (primary N) is 2. The Bertz CT molecular complexity index is 596. The molecule has 6 heteroatoms. The van der Waals surface area contributed by atoms with Crippen molar-refractivity contribution in [3.8, 4) is 0 Å². The SMILES string of the molecule is NCCn1c(=O)[nH]c2ccc(C(N)=O)cc21. The van der Waals surface area contributed by atoms with E-state index in [0.717, 1.165) is 0 Å². The lowest BCUT2D eigenvalue weighted by atomic mass is 10.2. The Balaban J connectivity index is 2.69. The molecule has 2 rings (SSSR count). The van der Waals surface area contributed by atoms with Crippen LogP contribution in [-0.2, 0) is 6.54 Å². The predicted molar refractivity (Wildman–Crippen MR) is 60.1 cm³/mol. The Hall–Kier alpha value is -2.08. The monoisotopic (exact) mass is 220 g/mol. The molecule has 0 aliphatic carbocycles. The highest BCUT2D eigenvalue weighted by Crippen LogP contribution is 2.12. The maximum absolute atomic E-state index is 11.5. The van der Waals surface area contributed by atoms with Gasteiger partial charge < -0.3 is 16.5 Å². The van der Waals surface area contributed by atoms with Gasteiger partial charge in [-0.3, -0.25) is 9.36 Å². The molecule has 0 unspecified atom stereocenters. The number of hydrogen-bond donors (Lipinski definition) is 3. The maximum Gasteiger partial charge on any atom is 0.326 e. The minimum Gasteiger partial charge on any atom is -0.366 e. The van der Waals surface area contributed by atoms with Gasteiger partial charge in [-0.05, 0) is 18.2 Å². The Morgan fingerprint density at radius 2 is 2.19 bits per heavy atom. The number of aromatic amines is 1. The van der Waals surface area contributed by atoms with Crippen LogP contribution in [0.5, 0.6) is 0 Å². The number of carbonyl (C=O) groups excluding carboxylic acids is 1. The smallest absolute Gasteiger partial charge is 0.326 e. The zero-order valence-electron chi connectivity index (χ0n) is 8.56. The molecule has 1 aromatic heterocycles. The molecule has 16 heavy (non-hydrogen) atoms. The first-order chi connectivity index (χ1) is 7.63. The average molecular weight is 220 g/mol. The second kappa shape index (κ2) is 3.82. The molecule has 0 bridgehead atoms. The molecule has 1 amide bonds. The summed E-state index contributed by atoms with van der Waals surface area (Å²) < 4.78 is 1.49. The topological polar surface area (TPSA) is 107 Å². The molecule has 0 aliphatic heterocycles. The summed E-state index contributed by atoms with van der Waals surface area (Å²) in [5.41, 5.74) is 12.0. The third-order valence-corrected chi connectivity index (χ3v) is 2.41. The number of carbonyl (C=O) groups is 1. The van der Waals surface area contributed by atoms with Gasteiger partial charge in [0.15, 0.2) is 0 Å². The largest absolute Gasteiger partial charge is 0.366 e. The fourth-order valence-electron chi connectivity index (χ4n) is 1.66. The van der Waals surface area contributed by atoms with E-state index in [-0.39, 0.29) is 5.69 Å². The van der Waals surface area contributed by atoms with Gasteiger partial charge >= 0.3 is 5.69 Å². The van der Waals surface area contributed by atoms with E-state index in [4.69, 9.17) is 11.5 Å². The van der Waals surface area contributed by atoms with Crippen molar-refractivity contribution < 1.29 is 4.79 Å². The minimum absolute atomic E-state index is 0.234. The molecule has 0 fully saturated rings. The highest BCUT2D eigenvalue weighted by molar-refractivity contribution is 5.96. The molecular formula is C10H12N4O2. The van der Waals surface area contributed by atoms with Gasteiger partial charge in [-0.1, -0.05) is 0 Å². The summed E-state index contributed by atoms with van der Waals surface area (Å²) in [5.74, 6) is -0.519. The first kappa shape index (κ1) is 10.4. The van der Waals surface area contributed by atoms with Crippen LogP contribution in [0.3, 0.4) is 0 Å². The Kier molecular flexibility index (Phi) is 2.49. The number of H-pyrrole nitrogens is 1. The summed E-state index contributed by atoms with van der Waals surface area (Å²) in [6, 6.07) is 4.82. The van der Waals surface area contributed by atoms with Crippen LogP contribution < -0.4 is 17.2 Å². The Morgan fingerprint density at radius 3 is 2.81 bits per heavy atom. The second-order valence-electron chi connectivity index (χ2n) is 3.47. The third-order valence-electron chi connectivity index (χ3n) is 2.41. The fourth-order valence-corrected chi connectivity index (χ4v) is 1.66. The van der Waals surface area contributed by atoms with E-state index in [1.54, 1.807) is 18.2 Å². The molecule has 0 atom stereocenters. The summed E-state index contributed by atoms with van der Waals surface area (Å²) >= 11 is 0. The molecule has 84 valence electrons. The zero-order valence-corrected chi connectivity index (χ0v) is 8.56. The van der Waals surface area contributed by atoms with Crippen molar-refractivity contribution in [2.75, 3.05) is 6.54 Å². The molecule has 0 aliphatic rings. The van der Waals surface area contributed by atoms with E-state index < -0.39 is 5.91 Å². The lowest BCUT2D eigenvalue weighted by molar-refractivity contribution is 0.100. The van der Waals surface area contributed by atoms with Gasteiger partial charge in [-0.2, -0.15) is 0 Å². The Morgan fingerprint density at radius 1 is 1.44 bits per heavy atom. The number of primary amides is 1. The number of nitrogens with one attached hydrogen (secondary N) is 1. The van der Waals surface area contributed by atoms with Gasteiger partial charge in [0.2, 0.25) is 5.91 Å². The molecule has 0 saturated carbocycles. The summed E-state index contributed by atoms with van der Waals surface area (Å²) in [4.78, 5) is 25.2. The molecule has 0 spiro atoms. The van der Waals surface area contributed by atoms with E-state index in [9.17, 15) is 9.59 Å². The number of amides is 1. The van der Waals surface area contributed by atoms with Gasteiger partial charge in [0.1, 0.15) is 0 Å². The fraction of sp³-hybridized carbons (Fsp3) is 0.200. The molecule has 5 N–H and O–H groups in total. The number of rotatable bonds is 3. The molecule has 1 heterocycles. The van der Waals surface area contributed by atoms with Crippen molar-refractivity contribution in [3.63, 3.8) is 0 Å². The maximum atomic E-state index is 11.5. The Labute approximate surface area is 90.8 Å². The van der Waals surface area contributed by atoms with Crippen LogP contribution in [0.4, 0.5) is 0 Å². The number of fused-ring (bicyclic) bond motifs is 1. The van der Waals surface area contributed by atoms with Crippen LogP contribution in [0.15, 0.2) is 23.0 Å². The van der Waals surface area contributed by atoms with Gasteiger partial charge in [-0.15, -0.1) is 0 Å². The van der Waals surface area contributed by atoms with E-state index in [1.807, 2.05) is 0 Å². The third kappa shape index (κ3) is 1.59. The molecule has 1 aromatic carbocycles. The van der Waals surface area contributed by atoms with Crippen LogP contribution in [0.25, 0.3) is 11.0 Å². The number of imidazole rings is 1. The van der Waals surface area contributed by atoms with Crippen molar-refractivity contribution in [3.05, 3.63) is 34.2 Å². The molecular weight excluding hydrogens is 208 g/mol. The number of aromatic nitrogens is 2. The lowest BCUT2D eigenvalue weighted by Gasteiger charge is -2.01. The molecule has 0 saturated heterocycles. The van der Waals surface area contributed by atoms with Crippen molar-refractivity contribution in [2.45, 2.75) is 6.54 Å².